The first-order valence-electron chi connectivity index (χ1n) is 4.14. The molecule has 0 saturated heterocycles. The van der Waals surface area contributed by atoms with E-state index in [9.17, 15) is 4.79 Å². The van der Waals surface area contributed by atoms with Crippen LogP contribution in [0.4, 0.5) is 0 Å². The predicted molar refractivity (Wildman–Crippen MR) is 41.8 cm³/mol. The summed E-state index contributed by atoms with van der Waals surface area (Å²) in [5.74, 6) is 1.08. The Morgan fingerprint density at radius 3 is 2.50 bits per heavy atom. The first kappa shape index (κ1) is 7.77. The van der Waals surface area contributed by atoms with Crippen LogP contribution in [0.1, 0.15) is 40.0 Å². The van der Waals surface area contributed by atoms with Gasteiger partial charge in [-0.05, 0) is 18.8 Å². The van der Waals surface area contributed by atoms with Crippen molar-refractivity contribution >= 4 is 5.78 Å². The minimum Gasteiger partial charge on any atom is -0.299 e. The van der Waals surface area contributed by atoms with Crippen molar-refractivity contribution in [1.82, 2.24) is 0 Å². The molecule has 0 aliphatic heterocycles. The molecular weight excluding hydrogens is 124 g/mol. The third kappa shape index (κ3) is 0.882. The third-order valence-corrected chi connectivity index (χ3v) is 3.26. The molecule has 10 heavy (non-hydrogen) atoms. The zero-order valence-electron chi connectivity index (χ0n) is 7.11. The molecule has 58 valence electrons. The van der Waals surface area contributed by atoms with Gasteiger partial charge in [0.2, 0.25) is 0 Å². The topological polar surface area (TPSA) is 17.1 Å². The van der Waals surface area contributed by atoms with E-state index in [1.165, 1.54) is 0 Å². The number of carbonyl (C=O) groups excluding carboxylic acids is 1. The molecule has 0 aromatic carbocycles. The molecule has 1 unspecified atom stereocenters. The summed E-state index contributed by atoms with van der Waals surface area (Å²) in [4.78, 5) is 11.3. The van der Waals surface area contributed by atoms with Gasteiger partial charge in [0.15, 0.2) is 0 Å². The number of hydrogen-bond donors (Lipinski definition) is 0. The van der Waals surface area contributed by atoms with Crippen LogP contribution in [-0.2, 0) is 4.79 Å². The summed E-state index contributed by atoms with van der Waals surface area (Å²) in [5, 5.41) is 0. The van der Waals surface area contributed by atoms with Crippen molar-refractivity contribution in [3.8, 4) is 0 Å². The van der Waals surface area contributed by atoms with Crippen LogP contribution in [0.15, 0.2) is 0 Å². The Bertz CT molecular complexity index is 151. The van der Waals surface area contributed by atoms with E-state index in [2.05, 4.69) is 20.8 Å². The highest BCUT2D eigenvalue weighted by molar-refractivity contribution is 5.86. The second-order valence-electron chi connectivity index (χ2n) is 3.63. The van der Waals surface area contributed by atoms with Gasteiger partial charge in [-0.15, -0.1) is 0 Å². The number of carbonyl (C=O) groups is 1. The second-order valence-corrected chi connectivity index (χ2v) is 3.63. The first-order valence-corrected chi connectivity index (χ1v) is 4.14. The Hall–Kier alpha value is -0.330. The molecule has 0 aromatic rings. The molecule has 0 radical (unpaired) electrons. The van der Waals surface area contributed by atoms with Crippen LogP contribution >= 0.6 is 0 Å². The van der Waals surface area contributed by atoms with Gasteiger partial charge in [0.25, 0.3) is 0 Å². The molecule has 2 atom stereocenters. The van der Waals surface area contributed by atoms with E-state index in [0.717, 1.165) is 19.3 Å². The van der Waals surface area contributed by atoms with Crippen molar-refractivity contribution in [2.75, 3.05) is 0 Å². The molecule has 0 amide bonds. The summed E-state index contributed by atoms with van der Waals surface area (Å²) in [6.45, 7) is 6.40. The Kier molecular flexibility index (Phi) is 1.84. The van der Waals surface area contributed by atoms with E-state index in [1.807, 2.05) is 0 Å². The van der Waals surface area contributed by atoms with Gasteiger partial charge in [0.1, 0.15) is 5.78 Å². The SMILES string of the molecule is CC[C@]1(C)C(=O)CCC1C. The van der Waals surface area contributed by atoms with Crippen molar-refractivity contribution in [2.24, 2.45) is 11.3 Å². The average molecular weight is 140 g/mol. The third-order valence-electron chi connectivity index (χ3n) is 3.26. The molecule has 0 aromatic heterocycles. The molecule has 1 saturated carbocycles. The monoisotopic (exact) mass is 140 g/mol. The molecular formula is C9H16O. The summed E-state index contributed by atoms with van der Waals surface area (Å²) >= 11 is 0. The van der Waals surface area contributed by atoms with Crippen LogP contribution in [0.3, 0.4) is 0 Å². The van der Waals surface area contributed by atoms with Gasteiger partial charge in [-0.25, -0.2) is 0 Å². The van der Waals surface area contributed by atoms with E-state index in [0.29, 0.717) is 11.7 Å². The smallest absolute Gasteiger partial charge is 0.139 e. The average Bonchev–Trinajstić information content (AvgIpc) is 2.18. The lowest BCUT2D eigenvalue weighted by Crippen LogP contribution is -2.26. The molecule has 0 heterocycles. The van der Waals surface area contributed by atoms with Gasteiger partial charge in [-0.3, -0.25) is 4.79 Å². The highest BCUT2D eigenvalue weighted by Crippen LogP contribution is 2.42. The molecule has 0 bridgehead atoms. The fourth-order valence-electron chi connectivity index (χ4n) is 1.77. The van der Waals surface area contributed by atoms with Gasteiger partial charge in [-0.1, -0.05) is 20.8 Å². The van der Waals surface area contributed by atoms with Crippen LogP contribution in [0.2, 0.25) is 0 Å². The highest BCUT2D eigenvalue weighted by Gasteiger charge is 2.41. The molecule has 1 aliphatic carbocycles. The highest BCUT2D eigenvalue weighted by atomic mass is 16.1. The standard InChI is InChI=1S/C9H16O/c1-4-9(3)7(2)5-6-8(9)10/h7H,4-6H2,1-3H3/t7?,9-/m0/s1. The zero-order chi connectivity index (χ0) is 7.78. The van der Waals surface area contributed by atoms with E-state index >= 15 is 0 Å². The van der Waals surface area contributed by atoms with Gasteiger partial charge in [0, 0.05) is 11.8 Å². The van der Waals surface area contributed by atoms with Crippen molar-refractivity contribution in [3.63, 3.8) is 0 Å². The van der Waals surface area contributed by atoms with Gasteiger partial charge in [0.05, 0.1) is 0 Å². The second kappa shape index (κ2) is 2.37. The number of Topliss-reactive ketones (excluding diaryl/α,β-unsaturated/α-hetero) is 1. The van der Waals surface area contributed by atoms with Crippen molar-refractivity contribution < 1.29 is 4.79 Å². The summed E-state index contributed by atoms with van der Waals surface area (Å²) in [7, 11) is 0. The van der Waals surface area contributed by atoms with Crippen LogP contribution in [0, 0.1) is 11.3 Å². The van der Waals surface area contributed by atoms with E-state index in [-0.39, 0.29) is 5.41 Å². The van der Waals surface area contributed by atoms with Crippen molar-refractivity contribution in [3.05, 3.63) is 0 Å². The molecule has 1 aliphatic rings. The summed E-state index contributed by atoms with van der Waals surface area (Å²) < 4.78 is 0. The summed E-state index contributed by atoms with van der Waals surface area (Å²) in [6, 6.07) is 0. The lowest BCUT2D eigenvalue weighted by Gasteiger charge is -2.25. The lowest BCUT2D eigenvalue weighted by atomic mass is 9.78. The van der Waals surface area contributed by atoms with E-state index in [1.54, 1.807) is 0 Å². The van der Waals surface area contributed by atoms with Gasteiger partial charge >= 0.3 is 0 Å². The summed E-state index contributed by atoms with van der Waals surface area (Å²) in [5.41, 5.74) is 0.0139. The Labute approximate surface area is 62.8 Å². The number of rotatable bonds is 1. The molecule has 1 rings (SSSR count). The normalized spacial score (nSPS) is 40.7. The maximum Gasteiger partial charge on any atom is 0.139 e. The number of hydrogen-bond acceptors (Lipinski definition) is 1. The molecule has 1 heteroatoms. The quantitative estimate of drug-likeness (QED) is 0.546. The summed E-state index contributed by atoms with van der Waals surface area (Å²) in [6.07, 6.45) is 2.92. The van der Waals surface area contributed by atoms with Crippen LogP contribution in [0.25, 0.3) is 0 Å². The van der Waals surface area contributed by atoms with Crippen molar-refractivity contribution in [1.29, 1.82) is 0 Å². The lowest BCUT2D eigenvalue weighted by molar-refractivity contribution is -0.126. The minimum absolute atomic E-state index is 0.0139. The first-order chi connectivity index (χ1) is 4.61. The maximum absolute atomic E-state index is 11.3. The van der Waals surface area contributed by atoms with Crippen molar-refractivity contribution in [2.45, 2.75) is 40.0 Å². The Balaban J connectivity index is 2.80. The fourth-order valence-corrected chi connectivity index (χ4v) is 1.77. The fraction of sp³-hybridized carbons (Fsp3) is 0.889. The Morgan fingerprint density at radius 1 is 1.70 bits per heavy atom. The largest absolute Gasteiger partial charge is 0.299 e. The predicted octanol–water partition coefficient (Wildman–Crippen LogP) is 2.40. The van der Waals surface area contributed by atoms with Crippen LogP contribution in [-0.4, -0.2) is 5.78 Å². The van der Waals surface area contributed by atoms with Crippen LogP contribution in [0.5, 0.6) is 0 Å². The van der Waals surface area contributed by atoms with E-state index in [4.69, 9.17) is 0 Å². The molecule has 1 nitrogen and oxygen atoms in total. The van der Waals surface area contributed by atoms with E-state index < -0.39 is 0 Å². The Morgan fingerprint density at radius 2 is 2.30 bits per heavy atom. The van der Waals surface area contributed by atoms with Crippen LogP contribution < -0.4 is 0 Å². The molecule has 0 N–H and O–H groups in total. The maximum atomic E-state index is 11.3. The van der Waals surface area contributed by atoms with Gasteiger partial charge < -0.3 is 0 Å². The molecule has 0 spiro atoms. The number of ketones is 1. The molecule has 1 fully saturated rings. The van der Waals surface area contributed by atoms with Gasteiger partial charge in [-0.2, -0.15) is 0 Å². The zero-order valence-corrected chi connectivity index (χ0v) is 7.11. The minimum atomic E-state index is 0.0139.